The second kappa shape index (κ2) is 10.7. The zero-order chi connectivity index (χ0) is 18.7. The van der Waals surface area contributed by atoms with E-state index in [2.05, 4.69) is 17.4 Å². The molecule has 0 saturated carbocycles. The van der Waals surface area contributed by atoms with Crippen LogP contribution in [0, 0.1) is 0 Å². The van der Waals surface area contributed by atoms with Gasteiger partial charge in [-0.1, -0.05) is 43.2 Å². The average Bonchev–Trinajstić information content (AvgIpc) is 2.74. The Labute approximate surface area is 162 Å². The molecule has 0 aromatic heterocycles. The van der Waals surface area contributed by atoms with Crippen molar-refractivity contribution in [3.05, 3.63) is 65.7 Å². The fourth-order valence-corrected chi connectivity index (χ4v) is 3.36. The van der Waals surface area contributed by atoms with Crippen LogP contribution in [0.4, 0.5) is 0 Å². The lowest BCUT2D eigenvalue weighted by Gasteiger charge is -2.27. The minimum absolute atomic E-state index is 0.154. The van der Waals surface area contributed by atoms with Crippen LogP contribution < -0.4 is 10.1 Å². The lowest BCUT2D eigenvalue weighted by Crippen LogP contribution is -2.46. The summed E-state index contributed by atoms with van der Waals surface area (Å²) in [5.74, 6) is 1.11. The van der Waals surface area contributed by atoms with E-state index in [4.69, 9.17) is 4.74 Å². The number of carbonyl (C=O) groups is 1. The van der Waals surface area contributed by atoms with Gasteiger partial charge in [0.15, 0.2) is 0 Å². The van der Waals surface area contributed by atoms with Crippen molar-refractivity contribution >= 4 is 5.91 Å². The Balaban J connectivity index is 1.30. The Morgan fingerprint density at radius 1 is 0.889 bits per heavy atom. The van der Waals surface area contributed by atoms with Gasteiger partial charge < -0.3 is 15.0 Å². The summed E-state index contributed by atoms with van der Waals surface area (Å²) in [4.78, 5) is 14.4. The highest BCUT2D eigenvalue weighted by atomic mass is 16.5. The van der Waals surface area contributed by atoms with Gasteiger partial charge in [-0.15, -0.1) is 0 Å². The highest BCUT2D eigenvalue weighted by Crippen LogP contribution is 2.13. The maximum Gasteiger partial charge on any atom is 0.253 e. The molecule has 0 spiro atoms. The zero-order valence-electron chi connectivity index (χ0n) is 16.0. The Bertz CT molecular complexity index is 679. The summed E-state index contributed by atoms with van der Waals surface area (Å²) in [5.41, 5.74) is 2.12. The van der Waals surface area contributed by atoms with E-state index in [0.29, 0.717) is 0 Å². The van der Waals surface area contributed by atoms with Gasteiger partial charge in [0.25, 0.3) is 5.91 Å². The smallest absolute Gasteiger partial charge is 0.253 e. The topological polar surface area (TPSA) is 41.6 Å². The summed E-state index contributed by atoms with van der Waals surface area (Å²) in [6, 6.07) is 18.2. The molecule has 1 N–H and O–H groups in total. The molecule has 0 unspecified atom stereocenters. The van der Waals surface area contributed by atoms with Gasteiger partial charge >= 0.3 is 0 Å². The SMILES string of the molecule is O=C(c1ccc(CCCCCCOc2ccccc2)cc1)N1CCNCC1. The van der Waals surface area contributed by atoms with Crippen LogP contribution >= 0.6 is 0 Å². The number of unbranched alkanes of at least 4 members (excludes halogenated alkanes) is 3. The molecule has 1 saturated heterocycles. The van der Waals surface area contributed by atoms with Crippen LogP contribution in [-0.4, -0.2) is 43.6 Å². The first-order valence-corrected chi connectivity index (χ1v) is 10.1. The van der Waals surface area contributed by atoms with Crippen LogP contribution in [0.3, 0.4) is 0 Å². The number of aryl methyl sites for hydroxylation is 1. The lowest BCUT2D eigenvalue weighted by molar-refractivity contribution is 0.0736. The highest BCUT2D eigenvalue weighted by Gasteiger charge is 2.17. The van der Waals surface area contributed by atoms with Crippen LogP contribution in [0.2, 0.25) is 0 Å². The molecule has 4 nitrogen and oxygen atoms in total. The number of ether oxygens (including phenoxy) is 1. The molecule has 3 rings (SSSR count). The number of rotatable bonds is 9. The Hall–Kier alpha value is -2.33. The molecule has 1 fully saturated rings. The van der Waals surface area contributed by atoms with E-state index >= 15 is 0 Å². The highest BCUT2D eigenvalue weighted by molar-refractivity contribution is 5.94. The molecular weight excluding hydrogens is 336 g/mol. The van der Waals surface area contributed by atoms with E-state index in [1.165, 1.54) is 24.8 Å². The van der Waals surface area contributed by atoms with Crippen LogP contribution in [0.25, 0.3) is 0 Å². The summed E-state index contributed by atoms with van der Waals surface area (Å²) in [6.45, 7) is 4.16. The second-order valence-electron chi connectivity index (χ2n) is 7.06. The van der Waals surface area contributed by atoms with Crippen LogP contribution in [0.15, 0.2) is 54.6 Å². The molecule has 4 heteroatoms. The van der Waals surface area contributed by atoms with Gasteiger partial charge in [-0.25, -0.2) is 0 Å². The van der Waals surface area contributed by atoms with Gasteiger partial charge in [0.1, 0.15) is 5.75 Å². The molecule has 2 aromatic rings. The molecule has 144 valence electrons. The molecule has 0 radical (unpaired) electrons. The quantitative estimate of drug-likeness (QED) is 0.684. The predicted molar refractivity (Wildman–Crippen MR) is 109 cm³/mol. The Morgan fingerprint density at radius 2 is 1.59 bits per heavy atom. The Kier molecular flexibility index (Phi) is 7.72. The van der Waals surface area contributed by atoms with Crippen molar-refractivity contribution in [1.82, 2.24) is 10.2 Å². The van der Waals surface area contributed by atoms with Gasteiger partial charge in [0.05, 0.1) is 6.61 Å². The van der Waals surface area contributed by atoms with Crippen LogP contribution in [0.1, 0.15) is 41.6 Å². The standard InChI is InChI=1S/C23H30N2O2/c26-23(25-17-15-24-16-18-25)21-13-11-20(12-14-21)8-4-1-2-7-19-27-22-9-5-3-6-10-22/h3,5-6,9-14,24H,1-2,4,7-8,15-19H2. The number of para-hydroxylation sites is 1. The van der Waals surface area contributed by atoms with Crippen molar-refractivity contribution in [3.8, 4) is 5.75 Å². The summed E-state index contributed by atoms with van der Waals surface area (Å²) in [6.07, 6.45) is 5.73. The number of carbonyl (C=O) groups excluding carboxylic acids is 1. The fourth-order valence-electron chi connectivity index (χ4n) is 3.36. The normalized spacial score (nSPS) is 14.1. The van der Waals surface area contributed by atoms with Crippen LogP contribution in [0.5, 0.6) is 5.75 Å². The van der Waals surface area contributed by atoms with E-state index in [0.717, 1.165) is 56.9 Å². The second-order valence-corrected chi connectivity index (χ2v) is 7.06. The summed E-state index contributed by atoms with van der Waals surface area (Å²) in [7, 11) is 0. The molecule has 2 aromatic carbocycles. The van der Waals surface area contributed by atoms with Gasteiger partial charge in [-0.05, 0) is 49.1 Å². The number of piperazine rings is 1. The monoisotopic (exact) mass is 366 g/mol. The molecule has 27 heavy (non-hydrogen) atoms. The van der Waals surface area contributed by atoms with Crippen molar-refractivity contribution < 1.29 is 9.53 Å². The van der Waals surface area contributed by atoms with Crippen molar-refractivity contribution in [2.75, 3.05) is 32.8 Å². The number of nitrogens with zero attached hydrogens (tertiary/aromatic N) is 1. The minimum Gasteiger partial charge on any atom is -0.494 e. The summed E-state index contributed by atoms with van der Waals surface area (Å²) in [5, 5.41) is 3.28. The van der Waals surface area contributed by atoms with Crippen LogP contribution in [-0.2, 0) is 6.42 Å². The van der Waals surface area contributed by atoms with E-state index in [-0.39, 0.29) is 5.91 Å². The van der Waals surface area contributed by atoms with E-state index in [1.54, 1.807) is 0 Å². The van der Waals surface area contributed by atoms with Crippen molar-refractivity contribution in [2.24, 2.45) is 0 Å². The maximum atomic E-state index is 12.5. The predicted octanol–water partition coefficient (Wildman–Crippen LogP) is 3.91. The number of hydrogen-bond donors (Lipinski definition) is 1. The third-order valence-electron chi connectivity index (χ3n) is 4.98. The fraction of sp³-hybridized carbons (Fsp3) is 0.435. The zero-order valence-corrected chi connectivity index (χ0v) is 16.0. The number of nitrogens with one attached hydrogen (secondary N) is 1. The third-order valence-corrected chi connectivity index (χ3v) is 4.98. The van der Waals surface area contributed by atoms with Gasteiger partial charge in [0.2, 0.25) is 0 Å². The minimum atomic E-state index is 0.154. The summed E-state index contributed by atoms with van der Waals surface area (Å²) < 4.78 is 5.72. The van der Waals surface area contributed by atoms with E-state index < -0.39 is 0 Å². The molecule has 1 aliphatic rings. The third kappa shape index (κ3) is 6.40. The first kappa shape index (κ1) is 19.4. The van der Waals surface area contributed by atoms with Gasteiger partial charge in [-0.3, -0.25) is 4.79 Å². The number of benzene rings is 2. The Morgan fingerprint density at radius 3 is 2.33 bits per heavy atom. The number of hydrogen-bond acceptors (Lipinski definition) is 3. The van der Waals surface area contributed by atoms with Gasteiger partial charge in [0, 0.05) is 31.7 Å². The largest absolute Gasteiger partial charge is 0.494 e. The molecule has 0 atom stereocenters. The van der Waals surface area contributed by atoms with E-state index in [1.807, 2.05) is 47.4 Å². The lowest BCUT2D eigenvalue weighted by atomic mass is 10.0. The molecule has 0 aliphatic carbocycles. The molecule has 1 aliphatic heterocycles. The van der Waals surface area contributed by atoms with Gasteiger partial charge in [-0.2, -0.15) is 0 Å². The van der Waals surface area contributed by atoms with E-state index in [9.17, 15) is 4.79 Å². The van der Waals surface area contributed by atoms with Crippen molar-refractivity contribution in [3.63, 3.8) is 0 Å². The first-order chi connectivity index (χ1) is 13.3. The molecular formula is C23H30N2O2. The molecule has 1 heterocycles. The van der Waals surface area contributed by atoms with Crippen molar-refractivity contribution in [2.45, 2.75) is 32.1 Å². The number of amides is 1. The molecule has 1 amide bonds. The first-order valence-electron chi connectivity index (χ1n) is 10.1. The maximum absolute atomic E-state index is 12.5. The average molecular weight is 367 g/mol. The summed E-state index contributed by atoms with van der Waals surface area (Å²) >= 11 is 0. The van der Waals surface area contributed by atoms with Crippen molar-refractivity contribution in [1.29, 1.82) is 0 Å². The molecule has 0 bridgehead atoms.